The Hall–Kier alpha value is -1.64. The molecule has 4 rings (SSSR count). The number of guanidine groups is 1. The minimum atomic E-state index is 0. The number of nitrogens with two attached hydrogens (primary N) is 1. The summed E-state index contributed by atoms with van der Waals surface area (Å²) < 4.78 is 5.82. The molecule has 2 aromatic rings. The van der Waals surface area contributed by atoms with E-state index in [9.17, 15) is 0 Å². The fourth-order valence-electron chi connectivity index (χ4n) is 4.44. The normalized spacial score (nSPS) is 21.7. The van der Waals surface area contributed by atoms with Crippen LogP contribution in [0.25, 0.3) is 0 Å². The first-order valence-corrected chi connectivity index (χ1v) is 10.7. The molecule has 2 aliphatic rings. The summed E-state index contributed by atoms with van der Waals surface area (Å²) in [5, 5.41) is 3.22. The van der Waals surface area contributed by atoms with Crippen LogP contribution in [0.1, 0.15) is 42.5 Å². The van der Waals surface area contributed by atoms with Gasteiger partial charge in [-0.3, -0.25) is 4.90 Å². The van der Waals surface area contributed by atoms with E-state index in [0.29, 0.717) is 24.7 Å². The highest BCUT2D eigenvalue weighted by atomic mass is 127. The number of rotatable bonds is 5. The summed E-state index contributed by atoms with van der Waals surface area (Å²) >= 11 is 0. The average molecular weight is 520 g/mol. The molecule has 1 aliphatic heterocycles. The van der Waals surface area contributed by atoms with Crippen molar-refractivity contribution in [3.63, 3.8) is 0 Å². The van der Waals surface area contributed by atoms with Crippen LogP contribution in [0.15, 0.2) is 47.5 Å². The molecular formula is C24H33IN4O. The number of halogens is 1. The summed E-state index contributed by atoms with van der Waals surface area (Å²) in [6.45, 7) is 7.80. The van der Waals surface area contributed by atoms with Gasteiger partial charge in [-0.15, -0.1) is 24.0 Å². The highest BCUT2D eigenvalue weighted by Gasteiger charge is 2.21. The van der Waals surface area contributed by atoms with Crippen LogP contribution in [-0.2, 0) is 30.7 Å². The molecule has 1 saturated heterocycles. The molecule has 2 atom stereocenters. The van der Waals surface area contributed by atoms with Gasteiger partial charge in [0.25, 0.3) is 0 Å². The number of fused-ring (bicyclic) bond motifs is 1. The van der Waals surface area contributed by atoms with Gasteiger partial charge in [-0.1, -0.05) is 30.3 Å². The SMILES string of the molecule is CC1CN(Cc2ccc(CN=C(N)Nc3ccc4c(c3)CCC4)cc2)CC(C)O1.I. The number of nitrogens with one attached hydrogen (secondary N) is 1. The predicted molar refractivity (Wildman–Crippen MR) is 135 cm³/mol. The molecule has 2 aromatic carbocycles. The summed E-state index contributed by atoms with van der Waals surface area (Å²) in [6.07, 6.45) is 4.21. The molecule has 0 amide bonds. The molecule has 0 spiro atoms. The maximum Gasteiger partial charge on any atom is 0.193 e. The standard InChI is InChI=1S/C24H32N4O.HI/c1-17-14-28(15-18(2)29-17)16-20-8-6-19(7-9-20)13-26-24(25)27-23-11-10-21-4-3-5-22(21)12-23;/h6-12,17-18H,3-5,13-16H2,1-2H3,(H3,25,26,27);1H. The monoisotopic (exact) mass is 520 g/mol. The topological polar surface area (TPSA) is 62.9 Å². The van der Waals surface area contributed by atoms with E-state index >= 15 is 0 Å². The van der Waals surface area contributed by atoms with E-state index in [4.69, 9.17) is 10.5 Å². The van der Waals surface area contributed by atoms with Gasteiger partial charge in [0.2, 0.25) is 0 Å². The van der Waals surface area contributed by atoms with Gasteiger partial charge in [-0.2, -0.15) is 0 Å². The summed E-state index contributed by atoms with van der Waals surface area (Å²) in [4.78, 5) is 6.97. The number of aryl methyl sites for hydroxylation is 2. The Morgan fingerprint density at radius 2 is 1.70 bits per heavy atom. The van der Waals surface area contributed by atoms with Crippen molar-refractivity contribution >= 4 is 35.6 Å². The molecule has 6 heteroatoms. The van der Waals surface area contributed by atoms with Crippen LogP contribution in [0.3, 0.4) is 0 Å². The quantitative estimate of drug-likeness (QED) is 0.350. The second-order valence-corrected chi connectivity index (χ2v) is 8.43. The van der Waals surface area contributed by atoms with Gasteiger partial charge in [0.05, 0.1) is 18.8 Å². The summed E-state index contributed by atoms with van der Waals surface area (Å²) in [6, 6.07) is 15.2. The van der Waals surface area contributed by atoms with Gasteiger partial charge in [0, 0.05) is 25.3 Å². The molecule has 0 aromatic heterocycles. The number of hydrogen-bond donors (Lipinski definition) is 2. The van der Waals surface area contributed by atoms with Crippen molar-refractivity contribution in [2.24, 2.45) is 10.7 Å². The molecule has 1 aliphatic carbocycles. The zero-order valence-corrected chi connectivity index (χ0v) is 20.3. The van der Waals surface area contributed by atoms with Crippen molar-refractivity contribution in [1.29, 1.82) is 0 Å². The van der Waals surface area contributed by atoms with Crippen LogP contribution in [0.5, 0.6) is 0 Å². The lowest BCUT2D eigenvalue weighted by molar-refractivity contribution is -0.0704. The Labute approximate surface area is 197 Å². The maximum atomic E-state index is 6.10. The Morgan fingerprint density at radius 3 is 2.43 bits per heavy atom. The highest BCUT2D eigenvalue weighted by molar-refractivity contribution is 14.0. The maximum absolute atomic E-state index is 6.10. The molecule has 3 N–H and O–H groups in total. The van der Waals surface area contributed by atoms with Crippen LogP contribution in [-0.4, -0.2) is 36.2 Å². The minimum absolute atomic E-state index is 0. The third kappa shape index (κ3) is 6.18. The zero-order chi connectivity index (χ0) is 20.2. The van der Waals surface area contributed by atoms with Gasteiger partial charge < -0.3 is 15.8 Å². The van der Waals surface area contributed by atoms with E-state index in [0.717, 1.165) is 37.3 Å². The number of hydrogen-bond acceptors (Lipinski definition) is 3. The van der Waals surface area contributed by atoms with Crippen molar-refractivity contribution in [3.8, 4) is 0 Å². The molecule has 0 radical (unpaired) electrons. The van der Waals surface area contributed by atoms with Gasteiger partial charge in [0.1, 0.15) is 0 Å². The van der Waals surface area contributed by atoms with Crippen LogP contribution in [0.4, 0.5) is 5.69 Å². The van der Waals surface area contributed by atoms with E-state index < -0.39 is 0 Å². The molecule has 162 valence electrons. The number of nitrogens with zero attached hydrogens (tertiary/aromatic N) is 2. The number of anilines is 1. The number of ether oxygens (including phenoxy) is 1. The van der Waals surface area contributed by atoms with Crippen LogP contribution in [0, 0.1) is 0 Å². The van der Waals surface area contributed by atoms with Crippen LogP contribution in [0.2, 0.25) is 0 Å². The fourth-order valence-corrected chi connectivity index (χ4v) is 4.44. The molecule has 5 nitrogen and oxygen atoms in total. The first-order valence-electron chi connectivity index (χ1n) is 10.7. The second-order valence-electron chi connectivity index (χ2n) is 8.43. The lowest BCUT2D eigenvalue weighted by Crippen LogP contribution is -2.44. The van der Waals surface area contributed by atoms with Crippen LogP contribution < -0.4 is 11.1 Å². The third-order valence-electron chi connectivity index (χ3n) is 5.73. The fraction of sp³-hybridized carbons (Fsp3) is 0.458. The Balaban J connectivity index is 0.00000256. The van der Waals surface area contributed by atoms with Gasteiger partial charge in [-0.25, -0.2) is 4.99 Å². The van der Waals surface area contributed by atoms with Crippen molar-refractivity contribution in [3.05, 3.63) is 64.7 Å². The summed E-state index contributed by atoms with van der Waals surface area (Å²) in [5.74, 6) is 0.461. The molecule has 2 unspecified atom stereocenters. The highest BCUT2D eigenvalue weighted by Crippen LogP contribution is 2.24. The van der Waals surface area contributed by atoms with Gasteiger partial charge >= 0.3 is 0 Å². The number of morpholine rings is 1. The average Bonchev–Trinajstić information content (AvgIpc) is 3.14. The smallest absolute Gasteiger partial charge is 0.193 e. The number of aliphatic imine (C=N–C) groups is 1. The van der Waals surface area contributed by atoms with Crippen molar-refractivity contribution < 1.29 is 4.74 Å². The Bertz CT molecular complexity index is 858. The van der Waals surface area contributed by atoms with Crippen molar-refractivity contribution in [2.45, 2.75) is 58.4 Å². The molecule has 0 bridgehead atoms. The van der Waals surface area contributed by atoms with E-state index in [2.05, 4.69) is 71.5 Å². The largest absolute Gasteiger partial charge is 0.373 e. The lowest BCUT2D eigenvalue weighted by Gasteiger charge is -2.35. The first kappa shape index (κ1) is 23.0. The molecule has 1 fully saturated rings. The first-order chi connectivity index (χ1) is 14.0. The summed E-state index contributed by atoms with van der Waals surface area (Å²) in [7, 11) is 0. The minimum Gasteiger partial charge on any atom is -0.373 e. The van der Waals surface area contributed by atoms with Crippen molar-refractivity contribution in [1.82, 2.24) is 4.90 Å². The Kier molecular flexibility index (Phi) is 8.13. The van der Waals surface area contributed by atoms with Gasteiger partial charge in [0.15, 0.2) is 5.96 Å². The van der Waals surface area contributed by atoms with E-state index in [1.165, 1.54) is 29.5 Å². The second kappa shape index (κ2) is 10.6. The lowest BCUT2D eigenvalue weighted by atomic mass is 10.1. The van der Waals surface area contributed by atoms with E-state index in [-0.39, 0.29) is 24.0 Å². The predicted octanol–water partition coefficient (Wildman–Crippen LogP) is 4.33. The molecular weight excluding hydrogens is 487 g/mol. The van der Waals surface area contributed by atoms with E-state index in [1.54, 1.807) is 0 Å². The van der Waals surface area contributed by atoms with E-state index in [1.807, 2.05) is 0 Å². The van der Waals surface area contributed by atoms with Crippen LogP contribution >= 0.6 is 24.0 Å². The van der Waals surface area contributed by atoms with Gasteiger partial charge in [-0.05, 0) is 67.5 Å². The molecule has 30 heavy (non-hydrogen) atoms. The Morgan fingerprint density at radius 1 is 1.03 bits per heavy atom. The molecule has 1 heterocycles. The zero-order valence-electron chi connectivity index (χ0n) is 17.9. The molecule has 0 saturated carbocycles. The number of benzene rings is 2. The summed E-state index contributed by atoms with van der Waals surface area (Å²) in [5.41, 5.74) is 12.5. The third-order valence-corrected chi connectivity index (χ3v) is 5.73. The van der Waals surface area contributed by atoms with Crippen molar-refractivity contribution in [2.75, 3.05) is 18.4 Å².